The van der Waals surface area contributed by atoms with Crippen LogP contribution < -0.4 is 15.4 Å². The number of carbonyl (C=O) groups excluding carboxylic acids is 1. The molecule has 0 atom stereocenters. The van der Waals surface area contributed by atoms with Gasteiger partial charge in [-0.1, -0.05) is 6.07 Å². The van der Waals surface area contributed by atoms with E-state index in [1.807, 2.05) is 0 Å². The minimum absolute atomic E-state index is 0.0654. The standard InChI is InChI=1S/C18H15N3O5/c22-16(10-4-5-10)21-17-20-14-7-6-13(9-15(14)26-17)25-12-3-1-2-11(8-12)19-18(23)24/h1-3,6-10,19H,4-5H2,(H,23,24)(H,20,21,22). The quantitative estimate of drug-likeness (QED) is 0.637. The summed E-state index contributed by atoms with van der Waals surface area (Å²) in [6, 6.07) is 11.8. The molecule has 4 rings (SSSR count). The van der Waals surface area contributed by atoms with Gasteiger partial charge in [-0.05, 0) is 37.1 Å². The zero-order valence-corrected chi connectivity index (χ0v) is 13.6. The van der Waals surface area contributed by atoms with Gasteiger partial charge in [-0.2, -0.15) is 4.98 Å². The highest BCUT2D eigenvalue weighted by Gasteiger charge is 2.30. The molecule has 3 N–H and O–H groups in total. The largest absolute Gasteiger partial charge is 0.465 e. The summed E-state index contributed by atoms with van der Waals surface area (Å²) in [6.07, 6.45) is 0.658. The van der Waals surface area contributed by atoms with Crippen molar-refractivity contribution in [2.45, 2.75) is 12.8 Å². The van der Waals surface area contributed by atoms with Crippen LogP contribution in [-0.4, -0.2) is 22.1 Å². The molecule has 8 heteroatoms. The molecule has 0 radical (unpaired) electrons. The molecule has 26 heavy (non-hydrogen) atoms. The summed E-state index contributed by atoms with van der Waals surface area (Å²) < 4.78 is 11.3. The van der Waals surface area contributed by atoms with E-state index in [1.54, 1.807) is 42.5 Å². The topological polar surface area (TPSA) is 114 Å². The number of hydrogen-bond donors (Lipinski definition) is 3. The van der Waals surface area contributed by atoms with Crippen molar-refractivity contribution in [2.24, 2.45) is 5.92 Å². The fraction of sp³-hybridized carbons (Fsp3) is 0.167. The fourth-order valence-electron chi connectivity index (χ4n) is 2.47. The third-order valence-corrected chi connectivity index (χ3v) is 3.86. The molecular formula is C18H15N3O5. The molecule has 2 aromatic carbocycles. The van der Waals surface area contributed by atoms with Crippen LogP contribution in [0, 0.1) is 5.92 Å². The summed E-state index contributed by atoms with van der Waals surface area (Å²) in [5.74, 6) is 0.963. The zero-order valence-electron chi connectivity index (χ0n) is 13.6. The maximum absolute atomic E-state index is 11.8. The number of benzene rings is 2. The number of carboxylic acid groups (broad SMARTS) is 1. The number of carbonyl (C=O) groups is 2. The first-order valence-corrected chi connectivity index (χ1v) is 8.06. The Morgan fingerprint density at radius 1 is 1.12 bits per heavy atom. The lowest BCUT2D eigenvalue weighted by Crippen LogP contribution is -2.13. The lowest BCUT2D eigenvalue weighted by atomic mass is 10.3. The van der Waals surface area contributed by atoms with Crippen molar-refractivity contribution in [1.82, 2.24) is 4.98 Å². The Bertz CT molecular complexity index is 993. The van der Waals surface area contributed by atoms with Gasteiger partial charge in [0.15, 0.2) is 5.58 Å². The highest BCUT2D eigenvalue weighted by Crippen LogP contribution is 2.32. The van der Waals surface area contributed by atoms with Gasteiger partial charge in [0.1, 0.15) is 17.0 Å². The van der Waals surface area contributed by atoms with E-state index in [9.17, 15) is 9.59 Å². The van der Waals surface area contributed by atoms with E-state index >= 15 is 0 Å². The lowest BCUT2D eigenvalue weighted by molar-refractivity contribution is -0.117. The number of anilines is 2. The van der Waals surface area contributed by atoms with E-state index in [2.05, 4.69) is 15.6 Å². The van der Waals surface area contributed by atoms with Gasteiger partial charge in [0.25, 0.3) is 0 Å². The summed E-state index contributed by atoms with van der Waals surface area (Å²) in [5, 5.41) is 13.7. The van der Waals surface area contributed by atoms with E-state index in [-0.39, 0.29) is 17.8 Å². The molecule has 1 aliphatic carbocycles. The number of nitrogens with one attached hydrogen (secondary N) is 2. The molecule has 1 fully saturated rings. The molecule has 132 valence electrons. The van der Waals surface area contributed by atoms with Crippen LogP contribution >= 0.6 is 0 Å². The molecule has 0 bridgehead atoms. The van der Waals surface area contributed by atoms with Gasteiger partial charge in [0.05, 0.1) is 0 Å². The van der Waals surface area contributed by atoms with E-state index in [0.717, 1.165) is 12.8 Å². The Labute approximate surface area is 147 Å². The minimum Gasteiger partial charge on any atom is -0.465 e. The van der Waals surface area contributed by atoms with Crippen LogP contribution in [0.15, 0.2) is 46.9 Å². The van der Waals surface area contributed by atoms with Crippen molar-refractivity contribution in [3.05, 3.63) is 42.5 Å². The van der Waals surface area contributed by atoms with Crippen molar-refractivity contribution in [2.75, 3.05) is 10.6 Å². The Balaban J connectivity index is 1.51. The predicted molar refractivity (Wildman–Crippen MR) is 93.5 cm³/mol. The number of amides is 2. The monoisotopic (exact) mass is 353 g/mol. The summed E-state index contributed by atoms with van der Waals surface area (Å²) in [5.41, 5.74) is 1.49. The van der Waals surface area contributed by atoms with Gasteiger partial charge < -0.3 is 14.3 Å². The zero-order chi connectivity index (χ0) is 18.1. The van der Waals surface area contributed by atoms with Crippen LogP contribution in [0.3, 0.4) is 0 Å². The second-order valence-electron chi connectivity index (χ2n) is 5.97. The van der Waals surface area contributed by atoms with E-state index in [0.29, 0.717) is 28.3 Å². The molecule has 0 spiro atoms. The van der Waals surface area contributed by atoms with Crippen LogP contribution in [0.2, 0.25) is 0 Å². The van der Waals surface area contributed by atoms with Crippen LogP contribution in [0.25, 0.3) is 11.1 Å². The Morgan fingerprint density at radius 3 is 2.69 bits per heavy atom. The van der Waals surface area contributed by atoms with Crippen LogP contribution in [0.4, 0.5) is 16.5 Å². The Hall–Kier alpha value is -3.55. The molecule has 3 aromatic rings. The fourth-order valence-corrected chi connectivity index (χ4v) is 2.47. The van der Waals surface area contributed by atoms with Crippen LogP contribution in [0.1, 0.15) is 12.8 Å². The molecule has 0 saturated heterocycles. The van der Waals surface area contributed by atoms with Crippen molar-refractivity contribution < 1.29 is 23.8 Å². The average molecular weight is 353 g/mol. The normalized spacial score (nSPS) is 13.4. The van der Waals surface area contributed by atoms with E-state index in [1.165, 1.54) is 0 Å². The molecule has 0 aliphatic heterocycles. The third-order valence-electron chi connectivity index (χ3n) is 3.86. The van der Waals surface area contributed by atoms with Crippen molar-refractivity contribution in [1.29, 1.82) is 0 Å². The Kier molecular flexibility index (Phi) is 3.92. The predicted octanol–water partition coefficient (Wildman–Crippen LogP) is 4.06. The molecule has 1 aromatic heterocycles. The second kappa shape index (κ2) is 6.40. The molecule has 2 amide bonds. The molecule has 1 heterocycles. The van der Waals surface area contributed by atoms with Crippen molar-refractivity contribution in [3.8, 4) is 11.5 Å². The van der Waals surface area contributed by atoms with Crippen LogP contribution in [-0.2, 0) is 4.79 Å². The average Bonchev–Trinajstić information content (AvgIpc) is 3.36. The van der Waals surface area contributed by atoms with Gasteiger partial charge in [0, 0.05) is 23.7 Å². The molecule has 1 aliphatic rings. The maximum atomic E-state index is 11.8. The second-order valence-corrected chi connectivity index (χ2v) is 5.97. The van der Waals surface area contributed by atoms with Gasteiger partial charge in [0.2, 0.25) is 5.91 Å². The summed E-state index contributed by atoms with van der Waals surface area (Å²) in [6.45, 7) is 0. The van der Waals surface area contributed by atoms with Crippen LogP contribution in [0.5, 0.6) is 11.5 Å². The highest BCUT2D eigenvalue weighted by atomic mass is 16.5. The summed E-state index contributed by atoms with van der Waals surface area (Å²) >= 11 is 0. The summed E-state index contributed by atoms with van der Waals surface area (Å²) in [7, 11) is 0. The van der Waals surface area contributed by atoms with Gasteiger partial charge in [-0.3, -0.25) is 15.4 Å². The smallest absolute Gasteiger partial charge is 0.409 e. The minimum atomic E-state index is -1.15. The van der Waals surface area contributed by atoms with Gasteiger partial charge in [-0.25, -0.2) is 4.79 Å². The number of oxazole rings is 1. The molecule has 0 unspecified atom stereocenters. The highest BCUT2D eigenvalue weighted by molar-refractivity contribution is 5.93. The number of aromatic nitrogens is 1. The first kappa shape index (κ1) is 15.9. The third kappa shape index (κ3) is 3.59. The lowest BCUT2D eigenvalue weighted by Gasteiger charge is -2.07. The SMILES string of the molecule is O=C(O)Nc1cccc(Oc2ccc3nc(NC(=O)C4CC4)oc3c2)c1. The first-order valence-electron chi connectivity index (χ1n) is 8.06. The molecule has 8 nitrogen and oxygen atoms in total. The van der Waals surface area contributed by atoms with Gasteiger partial charge in [-0.15, -0.1) is 0 Å². The number of rotatable bonds is 5. The first-order chi connectivity index (χ1) is 12.6. The van der Waals surface area contributed by atoms with E-state index < -0.39 is 6.09 Å². The number of nitrogens with zero attached hydrogens (tertiary/aromatic N) is 1. The molecule has 1 saturated carbocycles. The Morgan fingerprint density at radius 2 is 1.92 bits per heavy atom. The number of fused-ring (bicyclic) bond motifs is 1. The van der Waals surface area contributed by atoms with E-state index in [4.69, 9.17) is 14.3 Å². The van der Waals surface area contributed by atoms with Crippen molar-refractivity contribution in [3.63, 3.8) is 0 Å². The molecular weight excluding hydrogens is 338 g/mol. The van der Waals surface area contributed by atoms with Crippen molar-refractivity contribution >= 4 is 34.8 Å². The number of ether oxygens (including phenoxy) is 1. The van der Waals surface area contributed by atoms with Gasteiger partial charge >= 0.3 is 12.1 Å². The number of hydrogen-bond acceptors (Lipinski definition) is 5. The summed E-state index contributed by atoms with van der Waals surface area (Å²) in [4.78, 5) is 26.7. The maximum Gasteiger partial charge on any atom is 0.409 e.